The maximum atomic E-state index is 12.6. The zero-order valence-corrected chi connectivity index (χ0v) is 18.5. The van der Waals surface area contributed by atoms with Crippen molar-refractivity contribution >= 4 is 12.0 Å². The molecular formula is C26H32N2O3. The number of piperidine rings is 1. The predicted molar refractivity (Wildman–Crippen MR) is 124 cm³/mol. The summed E-state index contributed by atoms with van der Waals surface area (Å²) in [6, 6.07) is 16.2. The van der Waals surface area contributed by atoms with Crippen LogP contribution in [0, 0.1) is 0 Å². The highest BCUT2D eigenvalue weighted by Gasteiger charge is 2.27. The number of hydrogen-bond acceptors (Lipinski definition) is 4. The minimum Gasteiger partial charge on any atom is -0.497 e. The summed E-state index contributed by atoms with van der Waals surface area (Å²) in [4.78, 5) is 15.1. The molecule has 1 amide bonds. The summed E-state index contributed by atoms with van der Waals surface area (Å²) in [5, 5.41) is 3.06. The van der Waals surface area contributed by atoms with Crippen molar-refractivity contribution in [2.75, 3.05) is 26.7 Å². The number of rotatable bonds is 8. The Morgan fingerprint density at radius 3 is 2.52 bits per heavy atom. The second-order valence-electron chi connectivity index (χ2n) is 8.60. The summed E-state index contributed by atoms with van der Waals surface area (Å²) in [6.07, 6.45) is 6.38. The van der Waals surface area contributed by atoms with E-state index in [4.69, 9.17) is 9.47 Å². The number of benzene rings is 2. The molecule has 5 heteroatoms. The van der Waals surface area contributed by atoms with E-state index >= 15 is 0 Å². The number of methoxy groups -OCH3 is 1. The average molecular weight is 421 g/mol. The molecule has 0 aromatic heterocycles. The molecule has 2 aromatic rings. The Hall–Kier alpha value is -2.79. The Morgan fingerprint density at radius 1 is 1.10 bits per heavy atom. The van der Waals surface area contributed by atoms with Gasteiger partial charge in [0.25, 0.3) is 5.91 Å². The number of amides is 1. The van der Waals surface area contributed by atoms with E-state index in [1.165, 1.54) is 11.1 Å². The van der Waals surface area contributed by atoms with Crippen molar-refractivity contribution in [3.8, 4) is 11.5 Å². The molecule has 1 aliphatic carbocycles. The van der Waals surface area contributed by atoms with Gasteiger partial charge in [-0.3, -0.25) is 9.69 Å². The summed E-state index contributed by atoms with van der Waals surface area (Å²) in [5.74, 6) is 1.27. The molecular weight excluding hydrogens is 388 g/mol. The lowest BCUT2D eigenvalue weighted by Crippen LogP contribution is -2.39. The molecule has 5 nitrogen and oxygen atoms in total. The summed E-state index contributed by atoms with van der Waals surface area (Å²) < 4.78 is 11.7. The van der Waals surface area contributed by atoms with E-state index < -0.39 is 0 Å². The highest BCUT2D eigenvalue weighted by atomic mass is 16.5. The Bertz CT molecular complexity index is 914. The number of likely N-dealkylation sites (tertiary alicyclic amines) is 1. The number of hydrogen-bond donors (Lipinski definition) is 1. The van der Waals surface area contributed by atoms with Gasteiger partial charge in [-0.25, -0.2) is 0 Å². The third-order valence-corrected chi connectivity index (χ3v) is 5.86. The van der Waals surface area contributed by atoms with Crippen LogP contribution >= 0.6 is 0 Å². The second-order valence-corrected chi connectivity index (χ2v) is 8.60. The first-order valence-electron chi connectivity index (χ1n) is 11.2. The van der Waals surface area contributed by atoms with Gasteiger partial charge in [-0.05, 0) is 50.3 Å². The van der Waals surface area contributed by atoms with E-state index in [2.05, 4.69) is 47.5 Å². The molecule has 2 aromatic carbocycles. The van der Waals surface area contributed by atoms with Gasteiger partial charge in [0.05, 0.1) is 12.7 Å². The summed E-state index contributed by atoms with van der Waals surface area (Å²) >= 11 is 0. The second kappa shape index (κ2) is 10.0. The lowest BCUT2D eigenvalue weighted by Gasteiger charge is -2.32. The number of nitrogens with one attached hydrogen (secondary N) is 1. The van der Waals surface area contributed by atoms with Crippen molar-refractivity contribution in [1.82, 2.24) is 10.2 Å². The first-order chi connectivity index (χ1) is 15.1. The smallest absolute Gasteiger partial charge is 0.255 e. The van der Waals surface area contributed by atoms with Gasteiger partial charge in [0.1, 0.15) is 17.6 Å². The van der Waals surface area contributed by atoms with E-state index in [1.54, 1.807) is 13.2 Å². The highest BCUT2D eigenvalue weighted by Crippen LogP contribution is 2.29. The molecule has 31 heavy (non-hydrogen) atoms. The molecule has 1 saturated carbocycles. The van der Waals surface area contributed by atoms with Gasteiger partial charge in [0, 0.05) is 31.7 Å². The van der Waals surface area contributed by atoms with Crippen molar-refractivity contribution in [3.05, 3.63) is 65.2 Å². The van der Waals surface area contributed by atoms with Gasteiger partial charge in [0.2, 0.25) is 0 Å². The van der Waals surface area contributed by atoms with Crippen LogP contribution in [0.5, 0.6) is 11.5 Å². The molecule has 1 saturated heterocycles. The SMILES string of the molecule is COc1ccc(C(=O)NC2CC2)c(OC2CCN(CC(C)=Cc3ccccc3)CC2)c1. The van der Waals surface area contributed by atoms with Gasteiger partial charge in [-0.1, -0.05) is 42.0 Å². The number of nitrogens with zero attached hydrogens (tertiary/aromatic N) is 1. The van der Waals surface area contributed by atoms with E-state index in [1.807, 2.05) is 18.2 Å². The van der Waals surface area contributed by atoms with Crippen LogP contribution in [-0.2, 0) is 0 Å². The van der Waals surface area contributed by atoms with Crippen LogP contribution < -0.4 is 14.8 Å². The minimum atomic E-state index is -0.0562. The zero-order chi connectivity index (χ0) is 21.6. The maximum absolute atomic E-state index is 12.6. The van der Waals surface area contributed by atoms with Crippen LogP contribution in [0.2, 0.25) is 0 Å². The minimum absolute atomic E-state index is 0.0562. The standard InChI is InChI=1S/C26H32N2O3/c1-19(16-20-6-4-3-5-7-20)18-28-14-12-22(13-15-28)31-25-17-23(30-2)10-11-24(25)26(29)27-21-8-9-21/h3-7,10-11,16-17,21-22H,8-9,12-15,18H2,1-2H3,(H,27,29). The summed E-state index contributed by atoms with van der Waals surface area (Å²) in [6.45, 7) is 5.13. The molecule has 2 fully saturated rings. The van der Waals surface area contributed by atoms with Crippen LogP contribution in [0.1, 0.15) is 48.5 Å². The first-order valence-corrected chi connectivity index (χ1v) is 11.2. The first kappa shape index (κ1) is 21.4. The summed E-state index contributed by atoms with van der Waals surface area (Å²) in [5.41, 5.74) is 3.20. The molecule has 0 spiro atoms. The third-order valence-electron chi connectivity index (χ3n) is 5.86. The monoisotopic (exact) mass is 420 g/mol. The molecule has 0 atom stereocenters. The lowest BCUT2D eigenvalue weighted by atomic mass is 10.1. The van der Waals surface area contributed by atoms with Crippen LogP contribution in [0.25, 0.3) is 6.08 Å². The van der Waals surface area contributed by atoms with Gasteiger partial charge < -0.3 is 14.8 Å². The maximum Gasteiger partial charge on any atom is 0.255 e. The fraction of sp³-hybridized carbons (Fsp3) is 0.423. The van der Waals surface area contributed by atoms with E-state index in [-0.39, 0.29) is 12.0 Å². The van der Waals surface area contributed by atoms with Crippen molar-refractivity contribution in [3.63, 3.8) is 0 Å². The van der Waals surface area contributed by atoms with Crippen LogP contribution in [0.3, 0.4) is 0 Å². The van der Waals surface area contributed by atoms with Crippen LogP contribution in [0.4, 0.5) is 0 Å². The number of carbonyl (C=O) groups is 1. The molecule has 0 bridgehead atoms. The van der Waals surface area contributed by atoms with Crippen molar-refractivity contribution in [2.45, 2.75) is 44.8 Å². The van der Waals surface area contributed by atoms with Crippen LogP contribution in [-0.4, -0.2) is 49.7 Å². The van der Waals surface area contributed by atoms with Crippen molar-refractivity contribution in [2.24, 2.45) is 0 Å². The fourth-order valence-corrected chi connectivity index (χ4v) is 4.00. The van der Waals surface area contributed by atoms with Crippen molar-refractivity contribution in [1.29, 1.82) is 0 Å². The highest BCUT2D eigenvalue weighted by molar-refractivity contribution is 5.97. The van der Waals surface area contributed by atoms with Gasteiger partial charge >= 0.3 is 0 Å². The molecule has 2 aliphatic rings. The van der Waals surface area contributed by atoms with Gasteiger partial charge in [0.15, 0.2) is 0 Å². The summed E-state index contributed by atoms with van der Waals surface area (Å²) in [7, 11) is 1.63. The Morgan fingerprint density at radius 2 is 1.84 bits per heavy atom. The van der Waals surface area contributed by atoms with E-state index in [0.717, 1.165) is 45.3 Å². The quantitative estimate of drug-likeness (QED) is 0.682. The normalized spacial score (nSPS) is 17.9. The molecule has 4 rings (SSSR count). The van der Waals surface area contributed by atoms with E-state index in [0.29, 0.717) is 23.1 Å². The zero-order valence-electron chi connectivity index (χ0n) is 18.5. The van der Waals surface area contributed by atoms with Crippen molar-refractivity contribution < 1.29 is 14.3 Å². The molecule has 1 aliphatic heterocycles. The molecule has 1 N–H and O–H groups in total. The van der Waals surface area contributed by atoms with E-state index in [9.17, 15) is 4.79 Å². The fourth-order valence-electron chi connectivity index (χ4n) is 4.00. The van der Waals surface area contributed by atoms with Gasteiger partial charge in [-0.2, -0.15) is 0 Å². The molecule has 164 valence electrons. The Kier molecular flexibility index (Phi) is 6.92. The average Bonchev–Trinajstić information content (AvgIpc) is 3.59. The van der Waals surface area contributed by atoms with Gasteiger partial charge in [-0.15, -0.1) is 0 Å². The van der Waals surface area contributed by atoms with Crippen LogP contribution in [0.15, 0.2) is 54.1 Å². The molecule has 0 radical (unpaired) electrons. The largest absolute Gasteiger partial charge is 0.497 e. The lowest BCUT2D eigenvalue weighted by molar-refractivity contribution is 0.0914. The molecule has 1 heterocycles. The third kappa shape index (κ3) is 6.11. The Labute approximate surface area is 185 Å². The topological polar surface area (TPSA) is 50.8 Å². The number of carbonyl (C=O) groups excluding carboxylic acids is 1. The Balaban J connectivity index is 1.34. The molecule has 0 unspecified atom stereocenters. The predicted octanol–water partition coefficient (Wildman–Crippen LogP) is 4.53. The number of ether oxygens (including phenoxy) is 2.